The molecule has 1 aliphatic heterocycles. The molecular formula is C15H17NO4. The number of benzene rings is 1. The minimum absolute atomic E-state index is 0.00967. The van der Waals surface area contributed by atoms with Crippen LogP contribution in [0.2, 0.25) is 0 Å². The van der Waals surface area contributed by atoms with Crippen molar-refractivity contribution in [2.24, 2.45) is 5.92 Å². The average Bonchev–Trinajstić information content (AvgIpc) is 2.43. The smallest absolute Gasteiger partial charge is 0.308 e. The van der Waals surface area contributed by atoms with E-state index in [1.165, 1.54) is 7.11 Å². The highest BCUT2D eigenvalue weighted by molar-refractivity contribution is 6.00. The van der Waals surface area contributed by atoms with Crippen molar-refractivity contribution in [2.45, 2.75) is 24.4 Å². The van der Waals surface area contributed by atoms with Crippen LogP contribution in [-0.2, 0) is 14.3 Å². The largest absolute Gasteiger partial charge is 0.469 e. The third-order valence-electron chi connectivity index (χ3n) is 4.53. The second-order valence-electron chi connectivity index (χ2n) is 5.60. The third kappa shape index (κ3) is 1.66. The Morgan fingerprint density at radius 1 is 1.50 bits per heavy atom. The van der Waals surface area contributed by atoms with Gasteiger partial charge in [-0.2, -0.15) is 0 Å². The Morgan fingerprint density at radius 3 is 2.90 bits per heavy atom. The molecule has 0 bridgehead atoms. The van der Waals surface area contributed by atoms with Gasteiger partial charge >= 0.3 is 5.97 Å². The number of hydrogen-bond donors (Lipinski definition) is 1. The van der Waals surface area contributed by atoms with Crippen LogP contribution in [0, 0.1) is 5.92 Å². The van der Waals surface area contributed by atoms with E-state index in [2.05, 4.69) is 4.74 Å². The van der Waals surface area contributed by atoms with Gasteiger partial charge in [-0.3, -0.25) is 9.59 Å². The fraction of sp³-hybridized carbons (Fsp3) is 0.467. The molecule has 0 spiro atoms. The first-order chi connectivity index (χ1) is 9.48. The highest BCUT2D eigenvalue weighted by Crippen LogP contribution is 2.57. The zero-order valence-electron chi connectivity index (χ0n) is 11.5. The zero-order valence-corrected chi connectivity index (χ0v) is 11.5. The Morgan fingerprint density at radius 2 is 2.20 bits per heavy atom. The van der Waals surface area contributed by atoms with Crippen LogP contribution in [0.3, 0.4) is 0 Å². The summed E-state index contributed by atoms with van der Waals surface area (Å²) in [6, 6.07) is 7.70. The van der Waals surface area contributed by atoms with E-state index in [4.69, 9.17) is 0 Å². The van der Waals surface area contributed by atoms with Gasteiger partial charge in [0.2, 0.25) is 5.91 Å². The van der Waals surface area contributed by atoms with Crippen LogP contribution < -0.4 is 4.90 Å². The highest BCUT2D eigenvalue weighted by atomic mass is 16.5. The van der Waals surface area contributed by atoms with Gasteiger partial charge in [0.15, 0.2) is 0 Å². The lowest BCUT2D eigenvalue weighted by atomic mass is 9.55. The van der Waals surface area contributed by atoms with Crippen LogP contribution in [0.4, 0.5) is 5.69 Å². The number of hydrogen-bond acceptors (Lipinski definition) is 4. The second kappa shape index (κ2) is 4.31. The molecule has 0 aromatic heterocycles. The lowest BCUT2D eigenvalue weighted by molar-refractivity contribution is -0.168. The molecule has 1 N–H and O–H groups in total. The fourth-order valence-corrected chi connectivity index (χ4v) is 3.47. The van der Waals surface area contributed by atoms with Crippen molar-refractivity contribution in [3.63, 3.8) is 0 Å². The standard InChI is InChI=1S/C15H17NO4/c1-16-11-6-4-3-5-9(11)10-7-15(19,8-12(17)20-2)13(10)14(16)18/h3-6,10,13,19H,7-8H2,1-2H3/t10?,13?,15-/m1/s1. The Hall–Kier alpha value is -1.88. The number of amides is 1. The number of aliphatic hydroxyl groups is 1. The van der Waals surface area contributed by atoms with Crippen LogP contribution in [0.25, 0.3) is 0 Å². The maximum Gasteiger partial charge on any atom is 0.308 e. The van der Waals surface area contributed by atoms with E-state index in [1.807, 2.05) is 24.3 Å². The van der Waals surface area contributed by atoms with Crippen molar-refractivity contribution in [2.75, 3.05) is 19.1 Å². The second-order valence-corrected chi connectivity index (χ2v) is 5.60. The van der Waals surface area contributed by atoms with E-state index in [0.29, 0.717) is 6.42 Å². The molecule has 1 aromatic carbocycles. The first kappa shape index (κ1) is 13.1. The van der Waals surface area contributed by atoms with Gasteiger partial charge in [0.25, 0.3) is 0 Å². The molecule has 1 heterocycles. The minimum Gasteiger partial charge on any atom is -0.469 e. The number of anilines is 1. The third-order valence-corrected chi connectivity index (χ3v) is 4.53. The Labute approximate surface area is 117 Å². The summed E-state index contributed by atoms with van der Waals surface area (Å²) in [7, 11) is 2.99. The number of para-hydroxylation sites is 1. The van der Waals surface area contributed by atoms with Crippen LogP contribution in [0.1, 0.15) is 24.3 Å². The number of methoxy groups -OCH3 is 1. The van der Waals surface area contributed by atoms with E-state index in [-0.39, 0.29) is 18.2 Å². The summed E-state index contributed by atoms with van der Waals surface area (Å²) in [5.41, 5.74) is 0.671. The summed E-state index contributed by atoms with van der Waals surface area (Å²) in [6.07, 6.45) is 0.287. The molecule has 0 radical (unpaired) electrons. The SMILES string of the molecule is COC(=O)C[C@]1(O)CC2c3ccccc3N(C)C(=O)C21. The van der Waals surface area contributed by atoms with Crippen molar-refractivity contribution in [3.05, 3.63) is 29.8 Å². The molecule has 1 fully saturated rings. The number of fused-ring (bicyclic) bond motifs is 3. The van der Waals surface area contributed by atoms with Gasteiger partial charge in [0.05, 0.1) is 25.0 Å². The molecule has 1 amide bonds. The summed E-state index contributed by atoms with van der Waals surface area (Å²) < 4.78 is 4.61. The van der Waals surface area contributed by atoms with Gasteiger partial charge in [-0.15, -0.1) is 0 Å². The van der Waals surface area contributed by atoms with Gasteiger partial charge in [-0.25, -0.2) is 0 Å². The van der Waals surface area contributed by atoms with Crippen LogP contribution >= 0.6 is 0 Å². The maximum absolute atomic E-state index is 12.4. The molecule has 3 atom stereocenters. The molecule has 1 aliphatic carbocycles. The van der Waals surface area contributed by atoms with Crippen molar-refractivity contribution in [1.29, 1.82) is 0 Å². The quantitative estimate of drug-likeness (QED) is 0.820. The van der Waals surface area contributed by atoms with E-state index < -0.39 is 17.5 Å². The van der Waals surface area contributed by atoms with Crippen molar-refractivity contribution < 1.29 is 19.4 Å². The molecule has 2 aliphatic rings. The normalized spacial score (nSPS) is 31.1. The minimum atomic E-state index is -1.28. The van der Waals surface area contributed by atoms with Gasteiger partial charge in [-0.1, -0.05) is 18.2 Å². The zero-order chi connectivity index (χ0) is 14.5. The van der Waals surface area contributed by atoms with E-state index in [0.717, 1.165) is 11.3 Å². The number of nitrogens with zero attached hydrogens (tertiary/aromatic N) is 1. The fourth-order valence-electron chi connectivity index (χ4n) is 3.47. The van der Waals surface area contributed by atoms with Gasteiger partial charge in [0, 0.05) is 18.7 Å². The number of esters is 1. The number of carbonyl (C=O) groups excluding carboxylic acids is 2. The Kier molecular flexibility index (Phi) is 2.83. The molecule has 3 rings (SSSR count). The van der Waals surface area contributed by atoms with Crippen molar-refractivity contribution in [3.8, 4) is 0 Å². The molecule has 5 heteroatoms. The molecule has 0 saturated heterocycles. The van der Waals surface area contributed by atoms with Crippen LogP contribution in [-0.4, -0.2) is 36.7 Å². The van der Waals surface area contributed by atoms with Crippen molar-refractivity contribution in [1.82, 2.24) is 0 Å². The summed E-state index contributed by atoms with van der Waals surface area (Å²) >= 11 is 0. The first-order valence-corrected chi connectivity index (χ1v) is 6.63. The molecule has 1 aromatic rings. The first-order valence-electron chi connectivity index (χ1n) is 6.63. The van der Waals surface area contributed by atoms with Gasteiger partial charge < -0.3 is 14.7 Å². The monoisotopic (exact) mass is 275 g/mol. The van der Waals surface area contributed by atoms with Gasteiger partial charge in [-0.05, 0) is 18.1 Å². The van der Waals surface area contributed by atoms with E-state index in [1.54, 1.807) is 11.9 Å². The van der Waals surface area contributed by atoms with Crippen molar-refractivity contribution >= 4 is 17.6 Å². The van der Waals surface area contributed by atoms with E-state index in [9.17, 15) is 14.7 Å². The highest BCUT2D eigenvalue weighted by Gasteiger charge is 2.61. The molecule has 106 valence electrons. The Balaban J connectivity index is 1.95. The molecule has 5 nitrogen and oxygen atoms in total. The Bertz CT molecular complexity index is 585. The van der Waals surface area contributed by atoms with Crippen LogP contribution in [0.5, 0.6) is 0 Å². The summed E-state index contributed by atoms with van der Waals surface area (Å²) in [4.78, 5) is 25.4. The lowest BCUT2D eigenvalue weighted by Crippen LogP contribution is -2.62. The molecule has 2 unspecified atom stereocenters. The lowest BCUT2D eigenvalue weighted by Gasteiger charge is -2.54. The summed E-state index contributed by atoms with van der Waals surface area (Å²) in [5.74, 6) is -1.18. The maximum atomic E-state index is 12.4. The predicted molar refractivity (Wildman–Crippen MR) is 72.3 cm³/mol. The summed E-state index contributed by atoms with van der Waals surface area (Å²) in [6.45, 7) is 0. The van der Waals surface area contributed by atoms with Gasteiger partial charge in [0.1, 0.15) is 0 Å². The number of ether oxygens (including phenoxy) is 1. The molecular weight excluding hydrogens is 258 g/mol. The topological polar surface area (TPSA) is 66.8 Å². The number of rotatable bonds is 2. The van der Waals surface area contributed by atoms with E-state index >= 15 is 0 Å². The van der Waals surface area contributed by atoms with Crippen LogP contribution in [0.15, 0.2) is 24.3 Å². The average molecular weight is 275 g/mol. The molecule has 1 saturated carbocycles. The number of carbonyl (C=O) groups is 2. The molecule has 20 heavy (non-hydrogen) atoms. The summed E-state index contributed by atoms with van der Waals surface area (Å²) in [5, 5.41) is 10.6. The predicted octanol–water partition coefficient (Wildman–Crippen LogP) is 1.06.